The van der Waals surface area contributed by atoms with Gasteiger partial charge >= 0.3 is 0 Å². The van der Waals surface area contributed by atoms with E-state index < -0.39 is 0 Å². The molecule has 3 N–H and O–H groups in total. The summed E-state index contributed by atoms with van der Waals surface area (Å²) in [6.45, 7) is 4.93. The fourth-order valence-corrected chi connectivity index (χ4v) is 2.82. The number of para-hydroxylation sites is 1. The molecule has 1 unspecified atom stereocenters. The molecule has 0 aromatic heterocycles. The molecule has 112 valence electrons. The maximum atomic E-state index is 8.95. The van der Waals surface area contributed by atoms with Gasteiger partial charge < -0.3 is 20.5 Å². The SMILES string of the molecule is NCc1ccccc1OCCCN1CCC(CCO)C1. The van der Waals surface area contributed by atoms with E-state index in [4.69, 9.17) is 15.6 Å². The van der Waals surface area contributed by atoms with Crippen LogP contribution in [0.3, 0.4) is 0 Å². The van der Waals surface area contributed by atoms with Crippen molar-refractivity contribution in [1.82, 2.24) is 4.90 Å². The molecular weight excluding hydrogens is 252 g/mol. The summed E-state index contributed by atoms with van der Waals surface area (Å²) in [7, 11) is 0. The highest BCUT2D eigenvalue weighted by Crippen LogP contribution is 2.20. The molecule has 0 aliphatic carbocycles. The van der Waals surface area contributed by atoms with Crippen molar-refractivity contribution >= 4 is 0 Å². The number of nitrogens with zero attached hydrogens (tertiary/aromatic N) is 1. The lowest BCUT2D eigenvalue weighted by atomic mass is 10.1. The maximum absolute atomic E-state index is 8.95. The average molecular weight is 278 g/mol. The highest BCUT2D eigenvalue weighted by atomic mass is 16.5. The van der Waals surface area contributed by atoms with Gasteiger partial charge in [-0.3, -0.25) is 0 Å². The first kappa shape index (κ1) is 15.3. The van der Waals surface area contributed by atoms with E-state index in [9.17, 15) is 0 Å². The predicted molar refractivity (Wildman–Crippen MR) is 80.7 cm³/mol. The molecule has 1 aromatic rings. The van der Waals surface area contributed by atoms with Gasteiger partial charge in [0.25, 0.3) is 0 Å². The molecule has 0 amide bonds. The molecule has 1 aliphatic rings. The summed E-state index contributed by atoms with van der Waals surface area (Å²) < 4.78 is 5.82. The van der Waals surface area contributed by atoms with Crippen LogP contribution in [-0.4, -0.2) is 42.9 Å². The number of aliphatic hydroxyl groups is 1. The standard InChI is InChI=1S/C16H26N2O2/c17-12-15-4-1-2-5-16(15)20-11-3-8-18-9-6-14(13-18)7-10-19/h1-2,4-5,14,19H,3,6-13,17H2. The lowest BCUT2D eigenvalue weighted by Crippen LogP contribution is -2.23. The molecule has 4 nitrogen and oxygen atoms in total. The van der Waals surface area contributed by atoms with E-state index in [1.54, 1.807) is 0 Å². The molecule has 20 heavy (non-hydrogen) atoms. The van der Waals surface area contributed by atoms with Gasteiger partial charge in [0, 0.05) is 31.8 Å². The minimum Gasteiger partial charge on any atom is -0.493 e. The van der Waals surface area contributed by atoms with Crippen molar-refractivity contribution < 1.29 is 9.84 Å². The molecular formula is C16H26N2O2. The number of benzene rings is 1. The van der Waals surface area contributed by atoms with Crippen LogP contribution in [0.2, 0.25) is 0 Å². The molecule has 1 atom stereocenters. The van der Waals surface area contributed by atoms with E-state index in [0.717, 1.165) is 50.4 Å². The quantitative estimate of drug-likeness (QED) is 0.709. The first-order valence-electron chi connectivity index (χ1n) is 7.57. The van der Waals surface area contributed by atoms with E-state index in [0.29, 0.717) is 19.1 Å². The summed E-state index contributed by atoms with van der Waals surface area (Å²) in [5.41, 5.74) is 6.76. The number of likely N-dealkylation sites (tertiary alicyclic amines) is 1. The Morgan fingerprint density at radius 3 is 3.00 bits per heavy atom. The van der Waals surface area contributed by atoms with Crippen molar-refractivity contribution in [3.05, 3.63) is 29.8 Å². The number of hydrogen-bond donors (Lipinski definition) is 2. The van der Waals surface area contributed by atoms with E-state index in [1.165, 1.54) is 6.42 Å². The van der Waals surface area contributed by atoms with Crippen molar-refractivity contribution in [1.29, 1.82) is 0 Å². The Balaban J connectivity index is 1.64. The average Bonchev–Trinajstić information content (AvgIpc) is 2.92. The van der Waals surface area contributed by atoms with Crippen molar-refractivity contribution in [2.45, 2.75) is 25.8 Å². The molecule has 1 aliphatic heterocycles. The lowest BCUT2D eigenvalue weighted by molar-refractivity contribution is 0.239. The van der Waals surface area contributed by atoms with Crippen LogP contribution in [0.25, 0.3) is 0 Å². The summed E-state index contributed by atoms with van der Waals surface area (Å²) >= 11 is 0. The summed E-state index contributed by atoms with van der Waals surface area (Å²) in [5, 5.41) is 8.95. The van der Waals surface area contributed by atoms with E-state index >= 15 is 0 Å². The van der Waals surface area contributed by atoms with Gasteiger partial charge in [-0.05, 0) is 37.8 Å². The zero-order chi connectivity index (χ0) is 14.2. The smallest absolute Gasteiger partial charge is 0.123 e. The van der Waals surface area contributed by atoms with Crippen LogP contribution >= 0.6 is 0 Å². The second kappa shape index (κ2) is 8.25. The molecule has 0 spiro atoms. The highest BCUT2D eigenvalue weighted by Gasteiger charge is 2.21. The normalized spacial score (nSPS) is 19.4. The Bertz CT molecular complexity index is 398. The summed E-state index contributed by atoms with van der Waals surface area (Å²) in [6, 6.07) is 7.96. The third kappa shape index (κ3) is 4.47. The summed E-state index contributed by atoms with van der Waals surface area (Å²) in [6.07, 6.45) is 3.19. The molecule has 1 saturated heterocycles. The number of aliphatic hydroxyl groups excluding tert-OH is 1. The maximum Gasteiger partial charge on any atom is 0.123 e. The van der Waals surface area contributed by atoms with Gasteiger partial charge in [0.15, 0.2) is 0 Å². The Morgan fingerprint density at radius 1 is 1.35 bits per heavy atom. The lowest BCUT2D eigenvalue weighted by Gasteiger charge is -2.16. The van der Waals surface area contributed by atoms with Crippen LogP contribution < -0.4 is 10.5 Å². The molecule has 1 heterocycles. The number of rotatable bonds is 8. The van der Waals surface area contributed by atoms with E-state index in [-0.39, 0.29) is 0 Å². The first-order valence-corrected chi connectivity index (χ1v) is 7.57. The third-order valence-corrected chi connectivity index (χ3v) is 3.98. The second-order valence-electron chi connectivity index (χ2n) is 5.48. The Hall–Kier alpha value is -1.10. The van der Waals surface area contributed by atoms with Crippen LogP contribution in [-0.2, 0) is 6.54 Å². The summed E-state index contributed by atoms with van der Waals surface area (Å²) in [4.78, 5) is 2.47. The monoisotopic (exact) mass is 278 g/mol. The highest BCUT2D eigenvalue weighted by molar-refractivity contribution is 5.32. The fraction of sp³-hybridized carbons (Fsp3) is 0.625. The molecule has 1 aromatic carbocycles. The zero-order valence-electron chi connectivity index (χ0n) is 12.1. The Labute approximate surface area is 121 Å². The van der Waals surface area contributed by atoms with Crippen LogP contribution in [0.1, 0.15) is 24.8 Å². The number of ether oxygens (including phenoxy) is 1. The molecule has 1 fully saturated rings. The van der Waals surface area contributed by atoms with Gasteiger partial charge in [0.1, 0.15) is 5.75 Å². The van der Waals surface area contributed by atoms with E-state index in [2.05, 4.69) is 4.90 Å². The van der Waals surface area contributed by atoms with Crippen LogP contribution in [0.15, 0.2) is 24.3 Å². The van der Waals surface area contributed by atoms with Crippen molar-refractivity contribution in [2.75, 3.05) is 32.8 Å². The predicted octanol–water partition coefficient (Wildman–Crippen LogP) is 1.62. The third-order valence-electron chi connectivity index (χ3n) is 3.98. The van der Waals surface area contributed by atoms with Crippen molar-refractivity contribution in [3.8, 4) is 5.75 Å². The van der Waals surface area contributed by atoms with Gasteiger partial charge in [-0.1, -0.05) is 18.2 Å². The van der Waals surface area contributed by atoms with Gasteiger partial charge in [0.2, 0.25) is 0 Å². The van der Waals surface area contributed by atoms with Gasteiger partial charge in [-0.15, -0.1) is 0 Å². The Kier molecular flexibility index (Phi) is 6.30. The molecule has 0 saturated carbocycles. The fourth-order valence-electron chi connectivity index (χ4n) is 2.82. The van der Waals surface area contributed by atoms with Crippen LogP contribution in [0.4, 0.5) is 0 Å². The first-order chi connectivity index (χ1) is 9.83. The topological polar surface area (TPSA) is 58.7 Å². The van der Waals surface area contributed by atoms with Crippen LogP contribution in [0, 0.1) is 5.92 Å². The second-order valence-corrected chi connectivity index (χ2v) is 5.48. The van der Waals surface area contributed by atoms with Gasteiger partial charge in [-0.25, -0.2) is 0 Å². The molecule has 0 bridgehead atoms. The minimum absolute atomic E-state index is 0.317. The Morgan fingerprint density at radius 2 is 2.20 bits per heavy atom. The van der Waals surface area contributed by atoms with E-state index in [1.807, 2.05) is 24.3 Å². The summed E-state index contributed by atoms with van der Waals surface area (Å²) in [5.74, 6) is 1.59. The molecule has 0 radical (unpaired) electrons. The van der Waals surface area contributed by atoms with Crippen LogP contribution in [0.5, 0.6) is 5.75 Å². The zero-order valence-corrected chi connectivity index (χ0v) is 12.1. The minimum atomic E-state index is 0.317. The number of hydrogen-bond acceptors (Lipinski definition) is 4. The van der Waals surface area contributed by atoms with Gasteiger partial charge in [-0.2, -0.15) is 0 Å². The van der Waals surface area contributed by atoms with Gasteiger partial charge in [0.05, 0.1) is 6.61 Å². The number of nitrogens with two attached hydrogens (primary N) is 1. The van der Waals surface area contributed by atoms with Crippen molar-refractivity contribution in [2.24, 2.45) is 11.7 Å². The van der Waals surface area contributed by atoms with Crippen molar-refractivity contribution in [3.63, 3.8) is 0 Å². The molecule has 2 rings (SSSR count). The molecule has 4 heteroatoms. The largest absolute Gasteiger partial charge is 0.493 e.